The summed E-state index contributed by atoms with van der Waals surface area (Å²) in [5.41, 5.74) is -0.124. The van der Waals surface area contributed by atoms with E-state index in [0.29, 0.717) is 19.1 Å². The van der Waals surface area contributed by atoms with Crippen molar-refractivity contribution in [2.24, 2.45) is 0 Å². The summed E-state index contributed by atoms with van der Waals surface area (Å²) in [4.78, 5) is 11.4. The van der Waals surface area contributed by atoms with Crippen LogP contribution in [0.5, 0.6) is 0 Å². The van der Waals surface area contributed by atoms with E-state index in [0.717, 1.165) is 19.3 Å². The summed E-state index contributed by atoms with van der Waals surface area (Å²) >= 11 is 0. The van der Waals surface area contributed by atoms with E-state index in [2.05, 4.69) is 33.0 Å². The highest BCUT2D eigenvalue weighted by atomic mass is 16.5. The molecule has 0 heterocycles. The van der Waals surface area contributed by atoms with Crippen LogP contribution in [0.15, 0.2) is 0 Å². The molecule has 0 spiro atoms. The van der Waals surface area contributed by atoms with E-state index in [1.807, 2.05) is 6.92 Å². The molecule has 0 aromatic carbocycles. The molecule has 1 amide bonds. The van der Waals surface area contributed by atoms with Crippen LogP contribution in [0, 0.1) is 0 Å². The van der Waals surface area contributed by atoms with Crippen LogP contribution in [0.4, 0.5) is 0 Å². The molecule has 0 fully saturated rings. The third-order valence-electron chi connectivity index (χ3n) is 3.17. The molecule has 3 heteroatoms. The molecule has 1 N–H and O–H groups in total. The molecule has 0 aromatic heterocycles. The molecule has 0 saturated carbocycles. The van der Waals surface area contributed by atoms with Crippen molar-refractivity contribution >= 4 is 5.91 Å². The Bertz CT molecular complexity index is 206. The third kappa shape index (κ3) is 6.11. The molecule has 16 heavy (non-hydrogen) atoms. The zero-order valence-electron chi connectivity index (χ0n) is 11.4. The van der Waals surface area contributed by atoms with Crippen molar-refractivity contribution in [1.29, 1.82) is 0 Å². The first kappa shape index (κ1) is 15.4. The van der Waals surface area contributed by atoms with Gasteiger partial charge in [0.25, 0.3) is 0 Å². The maximum absolute atomic E-state index is 11.4. The van der Waals surface area contributed by atoms with E-state index >= 15 is 0 Å². The fraction of sp³-hybridized carbons (Fsp3) is 0.923. The topological polar surface area (TPSA) is 38.3 Å². The van der Waals surface area contributed by atoms with E-state index < -0.39 is 0 Å². The van der Waals surface area contributed by atoms with E-state index in [-0.39, 0.29) is 11.4 Å². The minimum atomic E-state index is -0.124. The average Bonchev–Trinajstić information content (AvgIpc) is 2.28. The quantitative estimate of drug-likeness (QED) is 0.695. The molecule has 0 aliphatic carbocycles. The maximum Gasteiger partial charge on any atom is 0.220 e. The summed E-state index contributed by atoms with van der Waals surface area (Å²) in [6, 6.07) is 0. The Hall–Kier alpha value is -0.570. The smallest absolute Gasteiger partial charge is 0.220 e. The monoisotopic (exact) mass is 229 g/mol. The Balaban J connectivity index is 4.01. The highest BCUT2D eigenvalue weighted by Crippen LogP contribution is 2.15. The zero-order valence-corrected chi connectivity index (χ0v) is 11.4. The van der Waals surface area contributed by atoms with Crippen molar-refractivity contribution in [2.75, 3.05) is 6.61 Å². The molecule has 2 atom stereocenters. The highest BCUT2D eigenvalue weighted by Gasteiger charge is 2.23. The molecule has 0 aliphatic rings. The minimum Gasteiger partial charge on any atom is -0.378 e. The SMILES string of the molecule is CCC(=O)NC(C)(CC)CCOC(C)CC. The van der Waals surface area contributed by atoms with Gasteiger partial charge in [-0.3, -0.25) is 4.79 Å². The van der Waals surface area contributed by atoms with Gasteiger partial charge in [-0.05, 0) is 33.1 Å². The van der Waals surface area contributed by atoms with Crippen molar-refractivity contribution in [1.82, 2.24) is 5.32 Å². The van der Waals surface area contributed by atoms with Crippen molar-refractivity contribution in [2.45, 2.75) is 71.9 Å². The predicted octanol–water partition coefficient (Wildman–Crippen LogP) is 2.89. The van der Waals surface area contributed by atoms with Crippen LogP contribution >= 0.6 is 0 Å². The lowest BCUT2D eigenvalue weighted by Gasteiger charge is -2.30. The van der Waals surface area contributed by atoms with Gasteiger partial charge in [0.15, 0.2) is 0 Å². The largest absolute Gasteiger partial charge is 0.378 e. The molecule has 3 nitrogen and oxygen atoms in total. The fourth-order valence-electron chi connectivity index (χ4n) is 1.36. The third-order valence-corrected chi connectivity index (χ3v) is 3.17. The van der Waals surface area contributed by atoms with E-state index in [1.54, 1.807) is 0 Å². The number of amides is 1. The van der Waals surface area contributed by atoms with Gasteiger partial charge in [-0.25, -0.2) is 0 Å². The van der Waals surface area contributed by atoms with Gasteiger partial charge in [0, 0.05) is 18.6 Å². The molecular formula is C13H27NO2. The molecule has 0 aromatic rings. The lowest BCUT2D eigenvalue weighted by Crippen LogP contribution is -2.46. The number of hydrogen-bond acceptors (Lipinski definition) is 2. The van der Waals surface area contributed by atoms with E-state index in [1.165, 1.54) is 0 Å². The van der Waals surface area contributed by atoms with Crippen LogP contribution in [-0.4, -0.2) is 24.2 Å². The van der Waals surface area contributed by atoms with Crippen LogP contribution in [0.3, 0.4) is 0 Å². The summed E-state index contributed by atoms with van der Waals surface area (Å²) < 4.78 is 5.65. The van der Waals surface area contributed by atoms with Gasteiger partial charge in [0.2, 0.25) is 5.91 Å². The number of carbonyl (C=O) groups excluding carboxylic acids is 1. The molecule has 0 saturated heterocycles. The van der Waals surface area contributed by atoms with Crippen LogP contribution in [0.1, 0.15) is 60.3 Å². The maximum atomic E-state index is 11.4. The minimum absolute atomic E-state index is 0.118. The van der Waals surface area contributed by atoms with Crippen LogP contribution in [0.2, 0.25) is 0 Å². The molecule has 0 aliphatic heterocycles. The first-order valence-corrected chi connectivity index (χ1v) is 6.40. The first-order chi connectivity index (χ1) is 7.47. The van der Waals surface area contributed by atoms with Crippen molar-refractivity contribution in [3.63, 3.8) is 0 Å². The summed E-state index contributed by atoms with van der Waals surface area (Å²) in [6.45, 7) is 11.0. The van der Waals surface area contributed by atoms with Gasteiger partial charge in [-0.15, -0.1) is 0 Å². The van der Waals surface area contributed by atoms with Crippen LogP contribution in [-0.2, 0) is 9.53 Å². The van der Waals surface area contributed by atoms with Gasteiger partial charge in [-0.2, -0.15) is 0 Å². The molecular weight excluding hydrogens is 202 g/mol. The molecule has 0 rings (SSSR count). The molecule has 96 valence electrons. The van der Waals surface area contributed by atoms with Crippen molar-refractivity contribution in [3.8, 4) is 0 Å². The highest BCUT2D eigenvalue weighted by molar-refractivity contribution is 5.76. The number of ether oxygens (including phenoxy) is 1. The Morgan fingerprint density at radius 3 is 2.44 bits per heavy atom. The Morgan fingerprint density at radius 2 is 2.00 bits per heavy atom. The van der Waals surface area contributed by atoms with E-state index in [4.69, 9.17) is 4.74 Å². The van der Waals surface area contributed by atoms with Gasteiger partial charge in [0.05, 0.1) is 6.10 Å². The van der Waals surface area contributed by atoms with Crippen LogP contribution in [0.25, 0.3) is 0 Å². The number of carbonyl (C=O) groups is 1. The number of rotatable bonds is 8. The second-order valence-corrected chi connectivity index (χ2v) is 4.66. The van der Waals surface area contributed by atoms with Crippen molar-refractivity contribution in [3.05, 3.63) is 0 Å². The second kappa shape index (κ2) is 7.66. The summed E-state index contributed by atoms with van der Waals surface area (Å²) in [6.07, 6.45) is 3.69. The van der Waals surface area contributed by atoms with Crippen LogP contribution < -0.4 is 5.32 Å². The normalized spacial score (nSPS) is 16.6. The summed E-state index contributed by atoms with van der Waals surface area (Å²) in [5.74, 6) is 0.118. The predicted molar refractivity (Wildman–Crippen MR) is 67.5 cm³/mol. The van der Waals surface area contributed by atoms with Gasteiger partial charge < -0.3 is 10.1 Å². The van der Waals surface area contributed by atoms with Gasteiger partial charge >= 0.3 is 0 Å². The zero-order chi connectivity index (χ0) is 12.6. The Labute approximate surface area is 99.9 Å². The Morgan fingerprint density at radius 1 is 1.38 bits per heavy atom. The Kier molecular flexibility index (Phi) is 7.39. The summed E-state index contributed by atoms with van der Waals surface area (Å²) in [5, 5.41) is 3.07. The molecule has 0 radical (unpaired) electrons. The molecule has 2 unspecified atom stereocenters. The number of hydrogen-bond donors (Lipinski definition) is 1. The fourth-order valence-corrected chi connectivity index (χ4v) is 1.36. The average molecular weight is 229 g/mol. The lowest BCUT2D eigenvalue weighted by molar-refractivity contribution is -0.122. The lowest BCUT2D eigenvalue weighted by atomic mass is 9.94. The summed E-state index contributed by atoms with van der Waals surface area (Å²) in [7, 11) is 0. The molecule has 0 bridgehead atoms. The first-order valence-electron chi connectivity index (χ1n) is 6.40. The van der Waals surface area contributed by atoms with Gasteiger partial charge in [-0.1, -0.05) is 20.8 Å². The van der Waals surface area contributed by atoms with E-state index in [9.17, 15) is 4.79 Å². The standard InChI is InChI=1S/C13H27NO2/c1-6-11(4)16-10-9-13(5,8-3)14-12(15)7-2/h11H,6-10H2,1-5H3,(H,14,15). The second-order valence-electron chi connectivity index (χ2n) is 4.66. The van der Waals surface area contributed by atoms with Gasteiger partial charge in [0.1, 0.15) is 0 Å². The number of nitrogens with one attached hydrogen (secondary N) is 1. The van der Waals surface area contributed by atoms with Crippen molar-refractivity contribution < 1.29 is 9.53 Å².